The SMILES string of the molecule is [CH2]c1ccc2ccsc2n1. The van der Waals surface area contributed by atoms with Gasteiger partial charge in [-0.25, -0.2) is 4.98 Å². The molecule has 2 heteroatoms. The van der Waals surface area contributed by atoms with Crippen LogP contribution in [0.4, 0.5) is 0 Å². The Morgan fingerprint density at radius 3 is 3.10 bits per heavy atom. The van der Waals surface area contributed by atoms with Crippen LogP contribution in [0.3, 0.4) is 0 Å². The molecule has 2 aromatic rings. The topological polar surface area (TPSA) is 12.9 Å². The van der Waals surface area contributed by atoms with Crippen molar-refractivity contribution in [1.29, 1.82) is 0 Å². The molecular weight excluding hydrogens is 142 g/mol. The number of nitrogens with zero attached hydrogens (tertiary/aromatic N) is 1. The first-order chi connectivity index (χ1) is 4.86. The Morgan fingerprint density at radius 2 is 2.20 bits per heavy atom. The fourth-order valence-corrected chi connectivity index (χ4v) is 1.67. The summed E-state index contributed by atoms with van der Waals surface area (Å²) in [4.78, 5) is 5.32. The van der Waals surface area contributed by atoms with Crippen molar-refractivity contribution in [3.63, 3.8) is 0 Å². The molecule has 2 rings (SSSR count). The first-order valence-corrected chi connectivity index (χ1v) is 3.90. The average Bonchev–Trinajstić information content (AvgIpc) is 2.33. The molecule has 0 saturated heterocycles. The molecule has 0 spiro atoms. The normalized spacial score (nSPS) is 10.5. The molecule has 0 unspecified atom stereocenters. The first-order valence-electron chi connectivity index (χ1n) is 3.02. The zero-order valence-electron chi connectivity index (χ0n) is 5.37. The lowest BCUT2D eigenvalue weighted by Crippen LogP contribution is -1.75. The molecule has 0 fully saturated rings. The Labute approximate surface area is 63.3 Å². The van der Waals surface area contributed by atoms with Crippen molar-refractivity contribution >= 4 is 21.6 Å². The van der Waals surface area contributed by atoms with Gasteiger partial charge >= 0.3 is 0 Å². The molecule has 0 bridgehead atoms. The van der Waals surface area contributed by atoms with Crippen molar-refractivity contribution in [2.24, 2.45) is 0 Å². The summed E-state index contributed by atoms with van der Waals surface area (Å²) in [6.45, 7) is 3.75. The lowest BCUT2D eigenvalue weighted by molar-refractivity contribution is 1.36. The van der Waals surface area contributed by atoms with Crippen LogP contribution in [-0.4, -0.2) is 4.98 Å². The first kappa shape index (κ1) is 5.86. The molecule has 2 aromatic heterocycles. The van der Waals surface area contributed by atoms with Crippen molar-refractivity contribution in [3.05, 3.63) is 36.2 Å². The van der Waals surface area contributed by atoms with E-state index in [1.807, 2.05) is 17.5 Å². The molecule has 0 N–H and O–H groups in total. The predicted molar refractivity (Wildman–Crippen MR) is 44.1 cm³/mol. The Morgan fingerprint density at radius 1 is 1.30 bits per heavy atom. The molecule has 0 aromatic carbocycles. The van der Waals surface area contributed by atoms with Gasteiger partial charge in [0.1, 0.15) is 4.83 Å². The quantitative estimate of drug-likeness (QED) is 0.559. The van der Waals surface area contributed by atoms with Gasteiger partial charge in [0.2, 0.25) is 0 Å². The molecular formula is C8H6NS. The highest BCUT2D eigenvalue weighted by Gasteiger charge is 1.93. The molecule has 0 atom stereocenters. The highest BCUT2D eigenvalue weighted by atomic mass is 32.1. The van der Waals surface area contributed by atoms with Crippen LogP contribution in [-0.2, 0) is 0 Å². The van der Waals surface area contributed by atoms with E-state index in [0.717, 1.165) is 10.5 Å². The summed E-state index contributed by atoms with van der Waals surface area (Å²) in [5.74, 6) is 0. The standard InChI is InChI=1S/C8H6NS/c1-6-2-3-7-4-5-10-8(7)9-6/h2-5H,1H2. The predicted octanol–water partition coefficient (Wildman–Crippen LogP) is 2.48. The van der Waals surface area contributed by atoms with Crippen LogP contribution in [0.1, 0.15) is 5.69 Å². The average molecular weight is 148 g/mol. The number of hydrogen-bond acceptors (Lipinski definition) is 2. The van der Waals surface area contributed by atoms with Gasteiger partial charge in [-0.2, -0.15) is 0 Å². The molecule has 10 heavy (non-hydrogen) atoms. The van der Waals surface area contributed by atoms with E-state index in [1.165, 1.54) is 5.39 Å². The highest BCUT2D eigenvalue weighted by Crippen LogP contribution is 2.17. The van der Waals surface area contributed by atoms with Gasteiger partial charge < -0.3 is 0 Å². The Kier molecular flexibility index (Phi) is 1.21. The van der Waals surface area contributed by atoms with Crippen molar-refractivity contribution in [1.82, 2.24) is 4.98 Å². The van der Waals surface area contributed by atoms with E-state index in [0.29, 0.717) is 0 Å². The summed E-state index contributed by atoms with van der Waals surface area (Å²) in [6.07, 6.45) is 0. The molecule has 0 saturated carbocycles. The zero-order chi connectivity index (χ0) is 6.97. The van der Waals surface area contributed by atoms with E-state index in [-0.39, 0.29) is 0 Å². The van der Waals surface area contributed by atoms with Crippen LogP contribution in [0.25, 0.3) is 10.2 Å². The van der Waals surface area contributed by atoms with Crippen LogP contribution < -0.4 is 0 Å². The molecule has 0 aliphatic carbocycles. The lowest BCUT2D eigenvalue weighted by atomic mass is 10.3. The van der Waals surface area contributed by atoms with Gasteiger partial charge in [-0.3, -0.25) is 0 Å². The van der Waals surface area contributed by atoms with Crippen molar-refractivity contribution in [2.75, 3.05) is 0 Å². The summed E-state index contributed by atoms with van der Waals surface area (Å²) in [7, 11) is 0. The van der Waals surface area contributed by atoms with Gasteiger partial charge in [0, 0.05) is 11.1 Å². The smallest absolute Gasteiger partial charge is 0.123 e. The second-order valence-corrected chi connectivity index (χ2v) is 3.01. The minimum absolute atomic E-state index is 0.843. The van der Waals surface area contributed by atoms with E-state index < -0.39 is 0 Å². The maximum absolute atomic E-state index is 4.24. The van der Waals surface area contributed by atoms with E-state index in [4.69, 9.17) is 0 Å². The van der Waals surface area contributed by atoms with Gasteiger partial charge in [0.15, 0.2) is 0 Å². The van der Waals surface area contributed by atoms with E-state index >= 15 is 0 Å². The van der Waals surface area contributed by atoms with Gasteiger partial charge in [-0.05, 0) is 24.4 Å². The number of rotatable bonds is 0. The second-order valence-electron chi connectivity index (χ2n) is 2.12. The lowest BCUT2D eigenvalue weighted by Gasteiger charge is -1.89. The minimum Gasteiger partial charge on any atom is -0.242 e. The van der Waals surface area contributed by atoms with Gasteiger partial charge in [-0.15, -0.1) is 11.3 Å². The summed E-state index contributed by atoms with van der Waals surface area (Å²) < 4.78 is 0. The number of fused-ring (bicyclic) bond motifs is 1. The van der Waals surface area contributed by atoms with Crippen LogP contribution in [0.5, 0.6) is 0 Å². The van der Waals surface area contributed by atoms with Gasteiger partial charge in [0.25, 0.3) is 0 Å². The van der Waals surface area contributed by atoms with Crippen molar-refractivity contribution in [3.8, 4) is 0 Å². The van der Waals surface area contributed by atoms with Crippen LogP contribution in [0.2, 0.25) is 0 Å². The molecule has 0 amide bonds. The molecule has 0 aliphatic heterocycles. The fraction of sp³-hybridized carbons (Fsp3) is 0. The Bertz CT molecular complexity index is 351. The third kappa shape index (κ3) is 0.809. The van der Waals surface area contributed by atoms with Gasteiger partial charge in [0.05, 0.1) is 0 Å². The van der Waals surface area contributed by atoms with E-state index in [2.05, 4.69) is 18.0 Å². The summed E-state index contributed by atoms with van der Waals surface area (Å²) >= 11 is 1.65. The zero-order valence-corrected chi connectivity index (χ0v) is 6.19. The van der Waals surface area contributed by atoms with Crippen molar-refractivity contribution in [2.45, 2.75) is 0 Å². The number of thiophene rings is 1. The number of aromatic nitrogens is 1. The summed E-state index contributed by atoms with van der Waals surface area (Å²) in [6, 6.07) is 6.03. The summed E-state index contributed by atoms with van der Waals surface area (Å²) in [5, 5.41) is 3.24. The molecule has 2 heterocycles. The summed E-state index contributed by atoms with van der Waals surface area (Å²) in [5.41, 5.74) is 0.843. The second kappa shape index (κ2) is 2.06. The molecule has 0 aliphatic rings. The van der Waals surface area contributed by atoms with Crippen LogP contribution in [0.15, 0.2) is 23.6 Å². The highest BCUT2D eigenvalue weighted by molar-refractivity contribution is 7.16. The Hall–Kier alpha value is -0.890. The fourth-order valence-electron chi connectivity index (χ4n) is 0.883. The van der Waals surface area contributed by atoms with Crippen LogP contribution >= 0.6 is 11.3 Å². The maximum Gasteiger partial charge on any atom is 0.123 e. The monoisotopic (exact) mass is 148 g/mol. The number of pyridine rings is 1. The van der Waals surface area contributed by atoms with Crippen LogP contribution in [0, 0.1) is 6.92 Å². The Balaban J connectivity index is 2.86. The molecule has 1 radical (unpaired) electrons. The van der Waals surface area contributed by atoms with Gasteiger partial charge in [-0.1, -0.05) is 6.07 Å². The number of hydrogen-bond donors (Lipinski definition) is 0. The maximum atomic E-state index is 4.24. The third-order valence-corrected chi connectivity index (χ3v) is 2.20. The van der Waals surface area contributed by atoms with E-state index in [1.54, 1.807) is 11.3 Å². The molecule has 49 valence electrons. The molecule has 1 nitrogen and oxygen atoms in total. The largest absolute Gasteiger partial charge is 0.242 e. The van der Waals surface area contributed by atoms with Crippen molar-refractivity contribution < 1.29 is 0 Å². The van der Waals surface area contributed by atoms with E-state index in [9.17, 15) is 0 Å². The minimum atomic E-state index is 0.843. The third-order valence-electron chi connectivity index (χ3n) is 1.37.